The summed E-state index contributed by atoms with van der Waals surface area (Å²) >= 11 is 1.29. The van der Waals surface area contributed by atoms with Crippen molar-refractivity contribution in [2.75, 3.05) is 18.2 Å². The predicted octanol–water partition coefficient (Wildman–Crippen LogP) is 3.17. The van der Waals surface area contributed by atoms with Gasteiger partial charge in [-0.2, -0.15) is 0 Å². The highest BCUT2D eigenvalue weighted by Gasteiger charge is 2.33. The Labute approximate surface area is 167 Å². The molecule has 0 spiro atoms. The summed E-state index contributed by atoms with van der Waals surface area (Å²) in [5, 5.41) is 12.7. The number of thioether (sulfide) groups is 1. The number of amides is 3. The quantitative estimate of drug-likeness (QED) is 0.589. The van der Waals surface area contributed by atoms with Gasteiger partial charge in [0, 0.05) is 17.5 Å². The molecule has 1 fully saturated rings. The van der Waals surface area contributed by atoms with Gasteiger partial charge in [-0.15, -0.1) is 11.8 Å². The highest BCUT2D eigenvalue weighted by molar-refractivity contribution is 8.00. The van der Waals surface area contributed by atoms with Crippen LogP contribution >= 0.6 is 11.8 Å². The van der Waals surface area contributed by atoms with Gasteiger partial charge in [-0.05, 0) is 42.7 Å². The molecule has 0 aliphatic heterocycles. The van der Waals surface area contributed by atoms with Crippen molar-refractivity contribution in [2.24, 2.45) is 5.73 Å². The van der Waals surface area contributed by atoms with Gasteiger partial charge in [-0.25, -0.2) is 4.79 Å². The Morgan fingerprint density at radius 2 is 2.04 bits per heavy atom. The molecule has 1 aliphatic rings. The maximum atomic E-state index is 12.9. The zero-order chi connectivity index (χ0) is 20.1. The minimum atomic E-state index is -0.410. The van der Waals surface area contributed by atoms with Gasteiger partial charge in [0.25, 0.3) is 0 Å². The second-order valence-electron chi connectivity index (χ2n) is 6.55. The van der Waals surface area contributed by atoms with Gasteiger partial charge >= 0.3 is 6.03 Å². The number of urea groups is 1. The second-order valence-corrected chi connectivity index (χ2v) is 7.56. The van der Waals surface area contributed by atoms with Crippen LogP contribution in [0.5, 0.6) is 11.5 Å². The number of nitrogens with zero attached hydrogens (tertiary/aromatic N) is 1. The fraction of sp³-hybridized carbons (Fsp3) is 0.300. The van der Waals surface area contributed by atoms with E-state index in [1.807, 2.05) is 18.2 Å². The molecule has 4 N–H and O–H groups in total. The van der Waals surface area contributed by atoms with Crippen molar-refractivity contribution in [1.29, 1.82) is 0 Å². The van der Waals surface area contributed by atoms with Crippen LogP contribution in [-0.2, 0) is 11.3 Å². The predicted molar refractivity (Wildman–Crippen MR) is 109 cm³/mol. The number of aromatic hydroxyl groups is 1. The summed E-state index contributed by atoms with van der Waals surface area (Å²) < 4.78 is 5.15. The van der Waals surface area contributed by atoms with E-state index in [-0.39, 0.29) is 23.6 Å². The summed E-state index contributed by atoms with van der Waals surface area (Å²) in [6, 6.07) is 12.4. The Hall–Kier alpha value is -2.87. The average Bonchev–Trinajstić information content (AvgIpc) is 3.51. The van der Waals surface area contributed by atoms with Crippen LogP contribution in [0.1, 0.15) is 18.4 Å². The fourth-order valence-corrected chi connectivity index (χ4v) is 3.55. The van der Waals surface area contributed by atoms with Gasteiger partial charge in [-0.3, -0.25) is 4.79 Å². The number of hydrogen-bond donors (Lipinski definition) is 3. The molecule has 3 rings (SSSR count). The highest BCUT2D eigenvalue weighted by Crippen LogP contribution is 2.33. The number of rotatable bonds is 8. The number of hydrogen-bond acceptors (Lipinski definition) is 5. The van der Waals surface area contributed by atoms with Crippen molar-refractivity contribution in [3.8, 4) is 11.5 Å². The number of methoxy groups -OCH3 is 1. The molecule has 0 aromatic heterocycles. The van der Waals surface area contributed by atoms with E-state index in [1.54, 1.807) is 29.2 Å². The van der Waals surface area contributed by atoms with E-state index in [0.717, 1.165) is 23.3 Å². The first-order valence-electron chi connectivity index (χ1n) is 8.91. The van der Waals surface area contributed by atoms with Crippen molar-refractivity contribution in [2.45, 2.75) is 30.3 Å². The average molecular weight is 401 g/mol. The fourth-order valence-electron chi connectivity index (χ4n) is 2.80. The van der Waals surface area contributed by atoms with Gasteiger partial charge in [0.15, 0.2) is 11.5 Å². The Balaban J connectivity index is 1.73. The van der Waals surface area contributed by atoms with E-state index >= 15 is 0 Å². The lowest BCUT2D eigenvalue weighted by Crippen LogP contribution is -2.36. The van der Waals surface area contributed by atoms with Crippen molar-refractivity contribution < 1.29 is 19.4 Å². The number of nitrogens with one attached hydrogen (secondary N) is 1. The van der Waals surface area contributed by atoms with E-state index in [4.69, 9.17) is 10.5 Å². The molecule has 1 aliphatic carbocycles. The van der Waals surface area contributed by atoms with Crippen LogP contribution in [0.2, 0.25) is 0 Å². The number of ether oxygens (including phenoxy) is 1. The molecule has 8 heteroatoms. The number of carbonyl (C=O) groups is 2. The van der Waals surface area contributed by atoms with E-state index in [9.17, 15) is 14.7 Å². The lowest BCUT2D eigenvalue weighted by atomic mass is 10.2. The molecule has 0 radical (unpaired) electrons. The molecule has 2 aromatic rings. The molecule has 0 atom stereocenters. The molecule has 28 heavy (non-hydrogen) atoms. The van der Waals surface area contributed by atoms with Crippen LogP contribution in [0.15, 0.2) is 47.4 Å². The van der Waals surface area contributed by atoms with Gasteiger partial charge in [0.05, 0.1) is 18.6 Å². The van der Waals surface area contributed by atoms with Gasteiger partial charge in [0.2, 0.25) is 5.91 Å². The number of nitrogens with two attached hydrogens (primary N) is 1. The Morgan fingerprint density at radius 3 is 2.71 bits per heavy atom. The minimum absolute atomic E-state index is 0.0640. The monoisotopic (exact) mass is 401 g/mol. The summed E-state index contributed by atoms with van der Waals surface area (Å²) in [4.78, 5) is 26.6. The summed E-state index contributed by atoms with van der Waals surface area (Å²) in [6.07, 6.45) is 1.92. The Kier molecular flexibility index (Phi) is 6.30. The molecular weight excluding hydrogens is 378 g/mol. The molecule has 0 heterocycles. The summed E-state index contributed by atoms with van der Waals surface area (Å²) in [5.74, 6) is 0.176. The van der Waals surface area contributed by atoms with Crippen molar-refractivity contribution in [3.63, 3.8) is 0 Å². The first kappa shape index (κ1) is 19.9. The van der Waals surface area contributed by atoms with Crippen LogP contribution < -0.4 is 15.8 Å². The number of benzene rings is 2. The van der Waals surface area contributed by atoms with Crippen LogP contribution in [0.25, 0.3) is 0 Å². The number of primary amides is 1. The van der Waals surface area contributed by atoms with E-state index in [1.165, 1.54) is 18.9 Å². The van der Waals surface area contributed by atoms with Crippen LogP contribution in [-0.4, -0.2) is 40.8 Å². The third kappa shape index (κ3) is 5.10. The number of carbonyl (C=O) groups excluding carboxylic acids is 2. The van der Waals surface area contributed by atoms with Crippen LogP contribution in [0.4, 0.5) is 10.5 Å². The summed E-state index contributed by atoms with van der Waals surface area (Å²) in [7, 11) is 1.49. The van der Waals surface area contributed by atoms with Crippen molar-refractivity contribution in [3.05, 3.63) is 48.0 Å². The third-order valence-electron chi connectivity index (χ3n) is 4.34. The van der Waals surface area contributed by atoms with Crippen LogP contribution in [0.3, 0.4) is 0 Å². The van der Waals surface area contributed by atoms with E-state index in [2.05, 4.69) is 5.32 Å². The summed E-state index contributed by atoms with van der Waals surface area (Å²) in [6.45, 7) is 0.406. The number of para-hydroxylation sites is 1. The van der Waals surface area contributed by atoms with Gasteiger partial charge in [0.1, 0.15) is 0 Å². The maximum Gasteiger partial charge on any atom is 0.322 e. The highest BCUT2D eigenvalue weighted by atomic mass is 32.2. The maximum absolute atomic E-state index is 12.9. The molecule has 148 valence electrons. The Morgan fingerprint density at radius 1 is 1.29 bits per heavy atom. The molecule has 0 bridgehead atoms. The van der Waals surface area contributed by atoms with Crippen LogP contribution in [0, 0.1) is 0 Å². The Bertz CT molecular complexity index is 870. The molecule has 0 unspecified atom stereocenters. The lowest BCUT2D eigenvalue weighted by Gasteiger charge is -2.24. The molecule has 2 aromatic carbocycles. The number of phenolic OH excluding ortho intramolecular Hbond substituents is 1. The molecule has 1 saturated carbocycles. The van der Waals surface area contributed by atoms with Crippen molar-refractivity contribution >= 4 is 29.4 Å². The molecule has 0 saturated heterocycles. The normalized spacial score (nSPS) is 13.0. The number of anilines is 1. The zero-order valence-electron chi connectivity index (χ0n) is 15.6. The first-order valence-corrected chi connectivity index (χ1v) is 9.90. The smallest absolute Gasteiger partial charge is 0.322 e. The van der Waals surface area contributed by atoms with Gasteiger partial charge < -0.3 is 25.8 Å². The topological polar surface area (TPSA) is 105 Å². The molecule has 7 nitrogen and oxygen atoms in total. The standard InChI is InChI=1S/C20H23N3O4S/c1-27-17-10-13(6-9-16(17)24)11-23(14-7-8-14)20(26)22-15-4-2-3-5-18(15)28-12-19(21)25/h2-6,9-10,14,24H,7-8,11-12H2,1H3,(H2,21,25)(H,22,26). The molecular formula is C20H23N3O4S. The largest absolute Gasteiger partial charge is 0.504 e. The molecule has 3 amide bonds. The number of phenols is 1. The third-order valence-corrected chi connectivity index (χ3v) is 5.44. The van der Waals surface area contributed by atoms with E-state index < -0.39 is 5.91 Å². The van der Waals surface area contributed by atoms with Crippen molar-refractivity contribution in [1.82, 2.24) is 4.90 Å². The van der Waals surface area contributed by atoms with E-state index in [0.29, 0.717) is 18.0 Å². The minimum Gasteiger partial charge on any atom is -0.504 e. The van der Waals surface area contributed by atoms with Gasteiger partial charge in [-0.1, -0.05) is 18.2 Å². The SMILES string of the molecule is COc1cc(CN(C(=O)Nc2ccccc2SCC(N)=O)C2CC2)ccc1O. The summed E-state index contributed by atoms with van der Waals surface area (Å²) in [5.41, 5.74) is 6.74. The first-order chi connectivity index (χ1) is 13.5. The lowest BCUT2D eigenvalue weighted by molar-refractivity contribution is -0.115. The zero-order valence-corrected chi connectivity index (χ0v) is 16.4. The second kappa shape index (κ2) is 8.88.